The maximum Gasteiger partial charge on any atom is 0.341 e. The van der Waals surface area contributed by atoms with E-state index in [0.29, 0.717) is 11.1 Å². The van der Waals surface area contributed by atoms with E-state index in [1.807, 2.05) is 25.1 Å². The molecule has 0 aliphatic heterocycles. The summed E-state index contributed by atoms with van der Waals surface area (Å²) in [4.78, 5) is 34.7. The predicted octanol–water partition coefficient (Wildman–Crippen LogP) is 3.69. The van der Waals surface area contributed by atoms with Crippen LogP contribution >= 0.6 is 0 Å². The number of benzene rings is 1. The highest BCUT2D eigenvalue weighted by Gasteiger charge is 2.33. The van der Waals surface area contributed by atoms with E-state index >= 15 is 0 Å². The van der Waals surface area contributed by atoms with Gasteiger partial charge in [0.15, 0.2) is 11.4 Å². The maximum atomic E-state index is 13.0. The number of aryl methyl sites for hydroxylation is 1. The number of nitrogens with zero attached hydrogens (tertiary/aromatic N) is 5. The SMILES string of the molecule is COC(=O)c1c(C(=O)OC)c2cc(C)ccn2c1-c1nc(C#N)c(C#N)nc1-c1ccccc1. The lowest BCUT2D eigenvalue weighted by Crippen LogP contribution is -2.11. The van der Waals surface area contributed by atoms with E-state index in [-0.39, 0.29) is 39.6 Å². The highest BCUT2D eigenvalue weighted by molar-refractivity contribution is 6.13. The van der Waals surface area contributed by atoms with Crippen LogP contribution in [0.25, 0.3) is 28.2 Å². The van der Waals surface area contributed by atoms with Crippen LogP contribution in [0.2, 0.25) is 0 Å². The molecule has 4 aromatic rings. The topological polar surface area (TPSA) is 130 Å². The fourth-order valence-corrected chi connectivity index (χ4v) is 3.76. The van der Waals surface area contributed by atoms with Crippen LogP contribution < -0.4 is 0 Å². The second-order valence-corrected chi connectivity index (χ2v) is 7.25. The van der Waals surface area contributed by atoms with Crippen molar-refractivity contribution in [2.24, 2.45) is 0 Å². The van der Waals surface area contributed by atoms with Crippen LogP contribution in [0, 0.1) is 29.6 Å². The highest BCUT2D eigenvalue weighted by Crippen LogP contribution is 2.37. The summed E-state index contributed by atoms with van der Waals surface area (Å²) in [5.41, 5.74) is 1.96. The lowest BCUT2D eigenvalue weighted by atomic mass is 10.0. The van der Waals surface area contributed by atoms with Gasteiger partial charge < -0.3 is 13.9 Å². The Bertz CT molecular complexity index is 1540. The van der Waals surface area contributed by atoms with Gasteiger partial charge in [0, 0.05) is 11.8 Å². The van der Waals surface area contributed by atoms with Gasteiger partial charge in [0.1, 0.15) is 29.0 Å². The average molecular weight is 451 g/mol. The van der Waals surface area contributed by atoms with Gasteiger partial charge in [-0.15, -0.1) is 0 Å². The number of nitriles is 2. The molecule has 0 fully saturated rings. The Labute approximate surface area is 194 Å². The van der Waals surface area contributed by atoms with Crippen LogP contribution in [-0.2, 0) is 9.47 Å². The average Bonchev–Trinajstić information content (AvgIpc) is 3.21. The first-order valence-electron chi connectivity index (χ1n) is 10.0. The largest absolute Gasteiger partial charge is 0.465 e. The number of aromatic nitrogens is 3. The Balaban J connectivity index is 2.25. The molecule has 1 aromatic carbocycles. The summed E-state index contributed by atoms with van der Waals surface area (Å²) in [6.07, 6.45) is 1.68. The summed E-state index contributed by atoms with van der Waals surface area (Å²) in [5.74, 6) is -1.53. The second kappa shape index (κ2) is 8.85. The molecular formula is C25H17N5O4. The smallest absolute Gasteiger partial charge is 0.341 e. The van der Waals surface area contributed by atoms with Gasteiger partial charge >= 0.3 is 11.9 Å². The Kier molecular flexibility index (Phi) is 5.77. The number of esters is 2. The van der Waals surface area contributed by atoms with Gasteiger partial charge in [-0.2, -0.15) is 10.5 Å². The van der Waals surface area contributed by atoms with Gasteiger partial charge in [-0.25, -0.2) is 19.6 Å². The molecule has 0 spiro atoms. The molecule has 3 heterocycles. The van der Waals surface area contributed by atoms with Crippen LogP contribution in [0.3, 0.4) is 0 Å². The summed E-state index contributed by atoms with van der Waals surface area (Å²) >= 11 is 0. The van der Waals surface area contributed by atoms with Crippen LogP contribution in [0.1, 0.15) is 37.7 Å². The number of methoxy groups -OCH3 is 2. The van der Waals surface area contributed by atoms with Crippen molar-refractivity contribution in [1.29, 1.82) is 10.5 Å². The van der Waals surface area contributed by atoms with Crippen LogP contribution in [0.15, 0.2) is 48.7 Å². The molecule has 0 saturated heterocycles. The van der Waals surface area contributed by atoms with E-state index in [4.69, 9.17) is 9.47 Å². The van der Waals surface area contributed by atoms with Gasteiger partial charge in [0.25, 0.3) is 0 Å². The van der Waals surface area contributed by atoms with Gasteiger partial charge in [-0.1, -0.05) is 30.3 Å². The molecule has 3 aromatic heterocycles. The monoisotopic (exact) mass is 451 g/mol. The standard InChI is InChI=1S/C25H17N5O4/c1-14-9-10-30-18(11-14)19(24(31)33-2)20(25(32)34-3)23(30)22-21(15-7-5-4-6-8-15)28-16(12-26)17(13-27)29-22/h4-11H,1-3H3. The molecule has 0 amide bonds. The molecule has 0 atom stereocenters. The molecule has 166 valence electrons. The van der Waals surface area contributed by atoms with Crippen molar-refractivity contribution >= 4 is 17.5 Å². The zero-order chi connectivity index (χ0) is 24.4. The van der Waals surface area contributed by atoms with Crippen molar-refractivity contribution in [3.63, 3.8) is 0 Å². The summed E-state index contributed by atoms with van der Waals surface area (Å²) < 4.78 is 11.6. The van der Waals surface area contributed by atoms with Crippen molar-refractivity contribution in [2.45, 2.75) is 6.92 Å². The van der Waals surface area contributed by atoms with Crippen LogP contribution in [0.4, 0.5) is 0 Å². The maximum absolute atomic E-state index is 13.0. The van der Waals surface area contributed by atoms with E-state index in [2.05, 4.69) is 9.97 Å². The lowest BCUT2D eigenvalue weighted by molar-refractivity contribution is 0.0558. The molecule has 9 heteroatoms. The van der Waals surface area contributed by atoms with Crippen molar-refractivity contribution in [3.8, 4) is 34.8 Å². The molecular weight excluding hydrogens is 434 g/mol. The van der Waals surface area contributed by atoms with E-state index < -0.39 is 11.9 Å². The number of pyridine rings is 1. The number of hydrogen-bond acceptors (Lipinski definition) is 8. The number of rotatable bonds is 4. The first-order valence-corrected chi connectivity index (χ1v) is 10.0. The van der Waals surface area contributed by atoms with Crippen LogP contribution in [0.5, 0.6) is 0 Å². The third-order valence-corrected chi connectivity index (χ3v) is 5.25. The Morgan fingerprint density at radius 1 is 0.882 bits per heavy atom. The number of ether oxygens (including phenoxy) is 2. The summed E-state index contributed by atoms with van der Waals surface area (Å²) in [5, 5.41) is 19.1. The van der Waals surface area contributed by atoms with Crippen molar-refractivity contribution in [1.82, 2.24) is 14.4 Å². The predicted molar refractivity (Wildman–Crippen MR) is 121 cm³/mol. The zero-order valence-electron chi connectivity index (χ0n) is 18.5. The fourth-order valence-electron chi connectivity index (χ4n) is 3.76. The highest BCUT2D eigenvalue weighted by atomic mass is 16.5. The van der Waals surface area contributed by atoms with E-state index in [1.54, 1.807) is 47.0 Å². The summed E-state index contributed by atoms with van der Waals surface area (Å²) in [7, 11) is 2.41. The number of fused-ring (bicyclic) bond motifs is 1. The summed E-state index contributed by atoms with van der Waals surface area (Å²) in [6.45, 7) is 1.84. The minimum absolute atomic E-state index is 0.00303. The number of hydrogen-bond donors (Lipinski definition) is 0. The number of carbonyl (C=O) groups is 2. The fraction of sp³-hybridized carbons (Fsp3) is 0.120. The molecule has 0 bridgehead atoms. The lowest BCUT2D eigenvalue weighted by Gasteiger charge is -2.12. The Morgan fingerprint density at radius 3 is 2.06 bits per heavy atom. The van der Waals surface area contributed by atoms with E-state index in [9.17, 15) is 20.1 Å². The minimum atomic E-state index is -0.791. The van der Waals surface area contributed by atoms with Gasteiger partial charge in [0.05, 0.1) is 31.1 Å². The molecule has 0 unspecified atom stereocenters. The van der Waals surface area contributed by atoms with Gasteiger partial charge in [-0.05, 0) is 24.6 Å². The quantitative estimate of drug-likeness (QED) is 0.429. The summed E-state index contributed by atoms with van der Waals surface area (Å²) in [6, 6.07) is 16.2. The van der Waals surface area contributed by atoms with Gasteiger partial charge in [0.2, 0.25) is 0 Å². The molecule has 9 nitrogen and oxygen atoms in total. The molecule has 0 radical (unpaired) electrons. The van der Waals surface area contributed by atoms with Crippen molar-refractivity contribution < 1.29 is 19.1 Å². The molecule has 0 aliphatic rings. The first kappa shape index (κ1) is 22.2. The molecule has 0 aliphatic carbocycles. The molecule has 4 rings (SSSR count). The minimum Gasteiger partial charge on any atom is -0.465 e. The second-order valence-electron chi connectivity index (χ2n) is 7.25. The molecule has 0 saturated carbocycles. The molecule has 0 N–H and O–H groups in total. The van der Waals surface area contributed by atoms with Crippen molar-refractivity contribution in [2.75, 3.05) is 14.2 Å². The number of carbonyl (C=O) groups excluding carboxylic acids is 2. The van der Waals surface area contributed by atoms with Gasteiger partial charge in [-0.3, -0.25) is 0 Å². The normalized spacial score (nSPS) is 10.4. The van der Waals surface area contributed by atoms with Crippen LogP contribution in [-0.4, -0.2) is 40.5 Å². The Morgan fingerprint density at radius 2 is 1.47 bits per heavy atom. The van der Waals surface area contributed by atoms with Crippen molar-refractivity contribution in [3.05, 3.63) is 76.7 Å². The van der Waals surface area contributed by atoms with E-state index in [1.165, 1.54) is 14.2 Å². The Hall–Kier alpha value is -5.02. The third-order valence-electron chi connectivity index (χ3n) is 5.25. The first-order chi connectivity index (χ1) is 16.4. The van der Waals surface area contributed by atoms with E-state index in [0.717, 1.165) is 5.56 Å². The molecule has 34 heavy (non-hydrogen) atoms. The zero-order valence-corrected chi connectivity index (χ0v) is 18.5. The third kappa shape index (κ3) is 3.51.